The molecule has 0 radical (unpaired) electrons. The Morgan fingerprint density at radius 2 is 1.31 bits per heavy atom. The summed E-state index contributed by atoms with van der Waals surface area (Å²) >= 11 is 0. The standard InChI is InChI=1S/C12H12N4/c1-2-4-8-7(3-1)15-11(9-5-13-9)12(16-8)10-6-14-10/h1-4,9-10,13-14H,5-6H2/t9-,10+. The minimum Gasteiger partial charge on any atom is -0.306 e. The molecule has 2 atom stereocenters. The van der Waals surface area contributed by atoms with Gasteiger partial charge in [0.2, 0.25) is 0 Å². The number of hydrogen-bond acceptors (Lipinski definition) is 4. The highest BCUT2D eigenvalue weighted by molar-refractivity contribution is 5.74. The highest BCUT2D eigenvalue weighted by Crippen LogP contribution is 2.31. The molecule has 80 valence electrons. The first-order valence-electron chi connectivity index (χ1n) is 5.65. The fourth-order valence-corrected chi connectivity index (χ4v) is 2.04. The van der Waals surface area contributed by atoms with Crippen molar-refractivity contribution >= 4 is 11.0 Å². The zero-order chi connectivity index (χ0) is 10.5. The second-order valence-corrected chi connectivity index (χ2v) is 4.40. The molecule has 0 spiro atoms. The van der Waals surface area contributed by atoms with Crippen molar-refractivity contribution in [2.24, 2.45) is 0 Å². The molecule has 4 heteroatoms. The highest BCUT2D eigenvalue weighted by Gasteiger charge is 2.34. The van der Waals surface area contributed by atoms with E-state index in [0.29, 0.717) is 12.1 Å². The van der Waals surface area contributed by atoms with E-state index in [4.69, 9.17) is 9.97 Å². The Morgan fingerprint density at radius 1 is 0.875 bits per heavy atom. The fraction of sp³-hybridized carbons (Fsp3) is 0.333. The van der Waals surface area contributed by atoms with Gasteiger partial charge in [-0.05, 0) is 12.1 Å². The average molecular weight is 212 g/mol. The molecule has 16 heavy (non-hydrogen) atoms. The average Bonchev–Trinajstić information content (AvgIpc) is 3.19. The molecule has 2 aliphatic rings. The number of para-hydroxylation sites is 2. The van der Waals surface area contributed by atoms with Gasteiger partial charge in [-0.15, -0.1) is 0 Å². The second kappa shape index (κ2) is 2.99. The molecule has 0 aliphatic carbocycles. The third-order valence-corrected chi connectivity index (χ3v) is 3.10. The van der Waals surface area contributed by atoms with Crippen molar-refractivity contribution in [2.45, 2.75) is 12.1 Å². The molecule has 2 N–H and O–H groups in total. The second-order valence-electron chi connectivity index (χ2n) is 4.40. The van der Waals surface area contributed by atoms with E-state index in [9.17, 15) is 0 Å². The Kier molecular flexibility index (Phi) is 1.61. The van der Waals surface area contributed by atoms with E-state index in [1.54, 1.807) is 0 Å². The first-order valence-corrected chi connectivity index (χ1v) is 5.65. The van der Waals surface area contributed by atoms with Crippen molar-refractivity contribution in [1.29, 1.82) is 0 Å². The van der Waals surface area contributed by atoms with Crippen molar-refractivity contribution in [3.63, 3.8) is 0 Å². The molecule has 3 heterocycles. The minimum atomic E-state index is 0.425. The zero-order valence-electron chi connectivity index (χ0n) is 8.77. The first-order chi connectivity index (χ1) is 7.92. The van der Waals surface area contributed by atoms with E-state index >= 15 is 0 Å². The van der Waals surface area contributed by atoms with E-state index in [0.717, 1.165) is 35.5 Å². The third-order valence-electron chi connectivity index (χ3n) is 3.10. The van der Waals surface area contributed by atoms with Gasteiger partial charge in [-0.1, -0.05) is 12.1 Å². The minimum absolute atomic E-state index is 0.425. The van der Waals surface area contributed by atoms with Crippen LogP contribution in [0, 0.1) is 0 Å². The normalized spacial score (nSPS) is 27.0. The van der Waals surface area contributed by atoms with E-state index in [2.05, 4.69) is 10.6 Å². The monoisotopic (exact) mass is 212 g/mol. The number of rotatable bonds is 2. The van der Waals surface area contributed by atoms with Crippen molar-refractivity contribution in [1.82, 2.24) is 20.6 Å². The lowest BCUT2D eigenvalue weighted by Gasteiger charge is -2.06. The summed E-state index contributed by atoms with van der Waals surface area (Å²) in [5.41, 5.74) is 4.26. The first kappa shape index (κ1) is 8.61. The summed E-state index contributed by atoms with van der Waals surface area (Å²) in [5, 5.41) is 6.62. The number of aromatic nitrogens is 2. The van der Waals surface area contributed by atoms with Gasteiger partial charge in [0.15, 0.2) is 0 Å². The molecule has 1 aromatic carbocycles. The van der Waals surface area contributed by atoms with Crippen molar-refractivity contribution in [2.75, 3.05) is 13.1 Å². The van der Waals surface area contributed by atoms with Crippen LogP contribution in [-0.2, 0) is 0 Å². The summed E-state index contributed by atoms with van der Waals surface area (Å²) in [4.78, 5) is 9.47. The van der Waals surface area contributed by atoms with Crippen LogP contribution in [0.2, 0.25) is 0 Å². The molecule has 2 fully saturated rings. The number of benzene rings is 1. The molecule has 0 saturated carbocycles. The molecule has 2 saturated heterocycles. The Balaban J connectivity index is 1.97. The summed E-state index contributed by atoms with van der Waals surface area (Å²) in [5.74, 6) is 0. The molecular weight excluding hydrogens is 200 g/mol. The van der Waals surface area contributed by atoms with Crippen LogP contribution < -0.4 is 10.6 Å². The van der Waals surface area contributed by atoms with Crippen LogP contribution in [0.15, 0.2) is 24.3 Å². The van der Waals surface area contributed by atoms with Gasteiger partial charge in [-0.3, -0.25) is 0 Å². The lowest BCUT2D eigenvalue weighted by Crippen LogP contribution is -2.03. The van der Waals surface area contributed by atoms with Gasteiger partial charge in [0.1, 0.15) is 0 Å². The van der Waals surface area contributed by atoms with Crippen LogP contribution in [0.25, 0.3) is 11.0 Å². The zero-order valence-corrected chi connectivity index (χ0v) is 8.77. The molecule has 4 rings (SSSR count). The van der Waals surface area contributed by atoms with Crippen LogP contribution in [0.5, 0.6) is 0 Å². The Hall–Kier alpha value is -1.52. The van der Waals surface area contributed by atoms with E-state index in [1.165, 1.54) is 0 Å². The van der Waals surface area contributed by atoms with Crippen LogP contribution >= 0.6 is 0 Å². The van der Waals surface area contributed by atoms with Crippen molar-refractivity contribution in [3.05, 3.63) is 35.7 Å². The summed E-state index contributed by atoms with van der Waals surface area (Å²) in [6, 6.07) is 8.92. The lowest BCUT2D eigenvalue weighted by molar-refractivity contribution is 0.891. The van der Waals surface area contributed by atoms with E-state index in [-0.39, 0.29) is 0 Å². The Morgan fingerprint density at radius 3 is 1.69 bits per heavy atom. The molecule has 2 aromatic rings. The summed E-state index contributed by atoms with van der Waals surface area (Å²) in [6.07, 6.45) is 0. The van der Waals surface area contributed by atoms with Gasteiger partial charge in [0.25, 0.3) is 0 Å². The van der Waals surface area contributed by atoms with Gasteiger partial charge in [0.05, 0.1) is 34.5 Å². The smallest absolute Gasteiger partial charge is 0.0891 e. The van der Waals surface area contributed by atoms with Crippen LogP contribution in [0.4, 0.5) is 0 Å². The molecule has 0 unspecified atom stereocenters. The fourth-order valence-electron chi connectivity index (χ4n) is 2.04. The molecule has 0 bridgehead atoms. The lowest BCUT2D eigenvalue weighted by atomic mass is 10.1. The van der Waals surface area contributed by atoms with Crippen LogP contribution in [-0.4, -0.2) is 23.1 Å². The van der Waals surface area contributed by atoms with Gasteiger partial charge in [-0.25, -0.2) is 9.97 Å². The maximum atomic E-state index is 4.73. The molecule has 4 nitrogen and oxygen atoms in total. The summed E-state index contributed by atoms with van der Waals surface area (Å²) in [7, 11) is 0. The maximum Gasteiger partial charge on any atom is 0.0891 e. The van der Waals surface area contributed by atoms with Gasteiger partial charge in [-0.2, -0.15) is 0 Å². The third kappa shape index (κ3) is 1.31. The number of hydrogen-bond donors (Lipinski definition) is 2. The summed E-state index contributed by atoms with van der Waals surface area (Å²) < 4.78 is 0. The molecule has 2 aliphatic heterocycles. The molecular formula is C12H12N4. The van der Waals surface area contributed by atoms with Crippen LogP contribution in [0.3, 0.4) is 0 Å². The van der Waals surface area contributed by atoms with Crippen molar-refractivity contribution < 1.29 is 0 Å². The van der Waals surface area contributed by atoms with Gasteiger partial charge >= 0.3 is 0 Å². The van der Waals surface area contributed by atoms with Crippen molar-refractivity contribution in [3.8, 4) is 0 Å². The Bertz CT molecular complexity index is 507. The quantitative estimate of drug-likeness (QED) is 0.726. The predicted molar refractivity (Wildman–Crippen MR) is 61.0 cm³/mol. The van der Waals surface area contributed by atoms with Gasteiger partial charge in [0, 0.05) is 13.1 Å². The van der Waals surface area contributed by atoms with E-state index in [1.807, 2.05) is 24.3 Å². The predicted octanol–water partition coefficient (Wildman–Crippen LogP) is 0.918. The summed E-state index contributed by atoms with van der Waals surface area (Å²) in [6.45, 7) is 2.07. The van der Waals surface area contributed by atoms with E-state index < -0.39 is 0 Å². The number of fused-ring (bicyclic) bond motifs is 1. The van der Waals surface area contributed by atoms with Crippen LogP contribution in [0.1, 0.15) is 23.5 Å². The SMILES string of the molecule is c1ccc2nc([C@H]3CN3)c([C@@H]3CN3)nc2c1. The highest BCUT2D eigenvalue weighted by atomic mass is 15.1. The number of nitrogens with one attached hydrogen (secondary N) is 2. The largest absolute Gasteiger partial charge is 0.306 e. The van der Waals surface area contributed by atoms with Gasteiger partial charge < -0.3 is 10.6 Å². The topological polar surface area (TPSA) is 69.7 Å². The molecule has 1 aromatic heterocycles. The number of nitrogens with zero attached hydrogens (tertiary/aromatic N) is 2. The Labute approximate surface area is 93.1 Å². The maximum absolute atomic E-state index is 4.73. The molecule has 0 amide bonds.